The number of hydrogen-bond acceptors (Lipinski definition) is 6. The summed E-state index contributed by atoms with van der Waals surface area (Å²) in [5.74, 6) is 1.72. The number of hydrogen-bond donors (Lipinski definition) is 0. The zero-order chi connectivity index (χ0) is 20.4. The topological polar surface area (TPSA) is 63.2 Å². The van der Waals surface area contributed by atoms with Gasteiger partial charge in [-0.1, -0.05) is 19.9 Å². The average molecular weight is 410 g/mol. The summed E-state index contributed by atoms with van der Waals surface area (Å²) >= 11 is 0. The van der Waals surface area contributed by atoms with Gasteiger partial charge >= 0.3 is 0 Å². The Bertz CT molecular complexity index is 706. The Morgan fingerprint density at radius 2 is 1.93 bits per heavy atom. The van der Waals surface area contributed by atoms with E-state index in [1.807, 2.05) is 6.07 Å². The van der Waals surface area contributed by atoms with E-state index >= 15 is 0 Å². The van der Waals surface area contributed by atoms with E-state index in [4.69, 9.17) is 23.7 Å². The van der Waals surface area contributed by atoms with Crippen molar-refractivity contribution in [2.75, 3.05) is 27.8 Å². The summed E-state index contributed by atoms with van der Waals surface area (Å²) in [6, 6.07) is 4.00. The molecule has 1 aromatic rings. The maximum absolute atomic E-state index is 11.2. The number of rotatable bonds is 8. The normalized spacial score (nSPS) is 28.3. The molecule has 1 fully saturated rings. The molecule has 1 aliphatic heterocycles. The number of ether oxygens (including phenoxy) is 5. The van der Waals surface area contributed by atoms with Crippen molar-refractivity contribution in [1.29, 1.82) is 0 Å². The Morgan fingerprint density at radius 3 is 2.61 bits per heavy atom. The van der Waals surface area contributed by atoms with Gasteiger partial charge in [-0.3, -0.25) is 4.57 Å². The maximum Gasteiger partial charge on any atom is 0.188 e. The molecule has 1 saturated carbocycles. The third-order valence-corrected chi connectivity index (χ3v) is 6.78. The van der Waals surface area contributed by atoms with Crippen LogP contribution in [0.25, 0.3) is 0 Å². The van der Waals surface area contributed by atoms with Crippen LogP contribution in [0, 0.1) is 11.3 Å². The molecule has 0 unspecified atom stereocenters. The van der Waals surface area contributed by atoms with E-state index in [-0.39, 0.29) is 38.3 Å². The van der Waals surface area contributed by atoms with Crippen LogP contribution in [0.4, 0.5) is 0 Å². The van der Waals surface area contributed by atoms with Gasteiger partial charge in [-0.2, -0.15) is 0 Å². The molecule has 7 heteroatoms. The highest BCUT2D eigenvalue weighted by molar-refractivity contribution is 7.22. The fraction of sp³-hybridized carbons (Fsp3) is 0.714. The minimum absolute atomic E-state index is 0.0798. The van der Waals surface area contributed by atoms with E-state index < -0.39 is 0 Å². The highest BCUT2D eigenvalue weighted by atomic mass is 31.1. The van der Waals surface area contributed by atoms with Gasteiger partial charge in [-0.15, -0.1) is 0 Å². The van der Waals surface area contributed by atoms with Gasteiger partial charge in [-0.25, -0.2) is 0 Å². The van der Waals surface area contributed by atoms with Crippen molar-refractivity contribution in [2.45, 2.75) is 57.9 Å². The lowest BCUT2D eigenvalue weighted by Crippen LogP contribution is -2.59. The predicted octanol–water partition coefficient (Wildman–Crippen LogP) is 4.58. The van der Waals surface area contributed by atoms with Crippen molar-refractivity contribution in [3.05, 3.63) is 23.3 Å². The second kappa shape index (κ2) is 8.66. The van der Waals surface area contributed by atoms with E-state index in [0.717, 1.165) is 36.1 Å². The molecule has 3 rings (SSSR count). The average Bonchev–Trinajstić information content (AvgIpc) is 2.65. The van der Waals surface area contributed by atoms with Crippen molar-refractivity contribution in [1.82, 2.24) is 0 Å². The minimum atomic E-state index is -0.299. The van der Waals surface area contributed by atoms with Gasteiger partial charge in [0.2, 0.25) is 0 Å². The molecular formula is C21H31O6P. The van der Waals surface area contributed by atoms with Crippen molar-refractivity contribution in [3.63, 3.8) is 0 Å². The Labute approximate surface area is 169 Å². The molecule has 28 heavy (non-hydrogen) atoms. The lowest BCUT2D eigenvalue weighted by Gasteiger charge is -2.56. The van der Waals surface area contributed by atoms with E-state index in [0.29, 0.717) is 18.7 Å². The van der Waals surface area contributed by atoms with Crippen LogP contribution in [0.2, 0.25) is 0 Å². The molecular weight excluding hydrogens is 379 g/mol. The Balaban J connectivity index is 1.97. The monoisotopic (exact) mass is 410 g/mol. The summed E-state index contributed by atoms with van der Waals surface area (Å²) < 4.78 is 39.8. The fourth-order valence-electron chi connectivity index (χ4n) is 4.86. The molecule has 0 bridgehead atoms. The molecule has 1 aromatic carbocycles. The van der Waals surface area contributed by atoms with Crippen LogP contribution in [-0.4, -0.2) is 39.5 Å². The first-order valence-electron chi connectivity index (χ1n) is 9.72. The molecule has 0 N–H and O–H groups in total. The van der Waals surface area contributed by atoms with Crippen molar-refractivity contribution < 1.29 is 28.2 Å². The quantitative estimate of drug-likeness (QED) is 0.462. The first kappa shape index (κ1) is 21.5. The Morgan fingerprint density at radius 1 is 1.18 bits per heavy atom. The van der Waals surface area contributed by atoms with Gasteiger partial charge in [0.15, 0.2) is 26.8 Å². The maximum atomic E-state index is 11.2. The van der Waals surface area contributed by atoms with Crippen LogP contribution in [0.15, 0.2) is 12.1 Å². The second-order valence-electron chi connectivity index (χ2n) is 8.51. The van der Waals surface area contributed by atoms with Gasteiger partial charge in [0.05, 0.1) is 12.3 Å². The lowest BCUT2D eigenvalue weighted by molar-refractivity contribution is -0.185. The summed E-state index contributed by atoms with van der Waals surface area (Å²) in [7, 11) is 3.33. The van der Waals surface area contributed by atoms with Gasteiger partial charge in [0.25, 0.3) is 0 Å². The first-order chi connectivity index (χ1) is 13.4. The van der Waals surface area contributed by atoms with Crippen LogP contribution in [0.5, 0.6) is 11.5 Å². The summed E-state index contributed by atoms with van der Waals surface area (Å²) in [4.78, 5) is 0. The van der Waals surface area contributed by atoms with E-state index in [2.05, 4.69) is 26.8 Å². The molecule has 6 nitrogen and oxygen atoms in total. The molecule has 0 saturated heterocycles. The second-order valence-corrected chi connectivity index (χ2v) is 9.09. The molecule has 1 aliphatic carbocycles. The van der Waals surface area contributed by atoms with Gasteiger partial charge in [0, 0.05) is 20.1 Å². The first-order valence-corrected chi connectivity index (χ1v) is 10.7. The standard InChI is InChI=1S/C21H31O6P/c1-20(2)17-10-15-8-14(11-28-22)9-16(25-12-23-4)19(15)27-21(17,3)7-6-18(20)26-13-24-5/h8-9,17-18H,6-7,10-13H2,1-5H3/t17-,18-,21-/m1/s1. The third-order valence-electron chi connectivity index (χ3n) is 6.29. The van der Waals surface area contributed by atoms with Crippen molar-refractivity contribution in [3.8, 4) is 11.5 Å². The van der Waals surface area contributed by atoms with Gasteiger partial charge < -0.3 is 23.7 Å². The van der Waals surface area contributed by atoms with Crippen LogP contribution >= 0.6 is 8.46 Å². The van der Waals surface area contributed by atoms with Gasteiger partial charge in [-0.05, 0) is 48.8 Å². The van der Waals surface area contributed by atoms with Crippen LogP contribution in [0.3, 0.4) is 0 Å². The van der Waals surface area contributed by atoms with Crippen LogP contribution in [0.1, 0.15) is 44.7 Å². The van der Waals surface area contributed by atoms with Crippen LogP contribution in [-0.2, 0) is 31.4 Å². The zero-order valence-electron chi connectivity index (χ0n) is 17.4. The molecule has 2 aliphatic rings. The minimum Gasteiger partial charge on any atom is -0.483 e. The van der Waals surface area contributed by atoms with E-state index in [1.165, 1.54) is 0 Å². The number of methoxy groups -OCH3 is 2. The number of fused-ring (bicyclic) bond motifs is 2. The van der Waals surface area contributed by atoms with Crippen LogP contribution < -0.4 is 9.47 Å². The molecule has 0 radical (unpaired) electrons. The highest BCUT2D eigenvalue weighted by Crippen LogP contribution is 2.55. The fourth-order valence-corrected chi connectivity index (χ4v) is 5.20. The highest BCUT2D eigenvalue weighted by Gasteiger charge is 2.55. The summed E-state index contributed by atoms with van der Waals surface area (Å²) in [6.45, 7) is 7.15. The molecule has 0 spiro atoms. The van der Waals surface area contributed by atoms with Crippen molar-refractivity contribution >= 4 is 8.46 Å². The Hall–Kier alpha value is -1.20. The zero-order valence-corrected chi connectivity index (χ0v) is 18.3. The summed E-state index contributed by atoms with van der Waals surface area (Å²) in [6.07, 6.45) is 3.24. The van der Waals surface area contributed by atoms with E-state index in [9.17, 15) is 4.57 Å². The largest absolute Gasteiger partial charge is 0.483 e. The predicted molar refractivity (Wildman–Crippen MR) is 106 cm³/mol. The SMILES string of the molecule is COCOc1cc(CP=O)cc2c1O[C@]1(C)CC[C@@H](OCOC)C(C)(C)[C@H]1C2. The van der Waals surface area contributed by atoms with E-state index in [1.54, 1.807) is 14.2 Å². The Kier molecular flexibility index (Phi) is 6.65. The summed E-state index contributed by atoms with van der Waals surface area (Å²) in [5.41, 5.74) is 1.68. The third kappa shape index (κ3) is 4.06. The molecule has 3 atom stereocenters. The van der Waals surface area contributed by atoms with Crippen molar-refractivity contribution in [2.24, 2.45) is 11.3 Å². The van der Waals surface area contributed by atoms with Gasteiger partial charge in [0.1, 0.15) is 12.4 Å². The molecule has 0 amide bonds. The number of benzene rings is 1. The molecule has 156 valence electrons. The smallest absolute Gasteiger partial charge is 0.188 e. The molecule has 0 aromatic heterocycles. The lowest BCUT2D eigenvalue weighted by atomic mass is 9.57. The molecule has 1 heterocycles. The summed E-state index contributed by atoms with van der Waals surface area (Å²) in [5, 5.41) is 0.